The zero-order valence-electron chi connectivity index (χ0n) is 15.3. The van der Waals surface area contributed by atoms with Gasteiger partial charge in [0.1, 0.15) is 0 Å². The Bertz CT molecular complexity index is 567. The number of hydrogen-bond acceptors (Lipinski definition) is 3. The number of thioether (sulfide) groups is 1. The van der Waals surface area contributed by atoms with Crippen LogP contribution in [0.1, 0.15) is 69.2 Å². The Kier molecular flexibility index (Phi) is 8.32. The Hall–Kier alpha value is -1.49. The van der Waals surface area contributed by atoms with Crippen LogP contribution in [-0.4, -0.2) is 29.7 Å². The molecular weight excluding hydrogens is 332 g/mol. The second-order valence-electron chi connectivity index (χ2n) is 7.02. The molecule has 0 unspecified atom stereocenters. The van der Waals surface area contributed by atoms with Crippen LogP contribution < -0.4 is 10.6 Å². The van der Waals surface area contributed by atoms with Crippen LogP contribution in [-0.2, 0) is 4.79 Å². The van der Waals surface area contributed by atoms with Crippen LogP contribution >= 0.6 is 11.8 Å². The molecule has 0 atom stereocenters. The molecule has 1 aliphatic rings. The summed E-state index contributed by atoms with van der Waals surface area (Å²) in [5.74, 6) is 0.305. The van der Waals surface area contributed by atoms with Gasteiger partial charge in [0.2, 0.25) is 5.91 Å². The Balaban J connectivity index is 1.95. The standard InChI is InChI=1S/C20H30N2O2S/c1-15(2)21-19(23)14-25-18-13-9-8-12-17(18)20(24)22-16-10-6-4-3-5-7-11-16/h8-9,12-13,15-16H,3-7,10-11,14H2,1-2H3,(H,21,23)(H,22,24). The molecule has 0 radical (unpaired) electrons. The van der Waals surface area contributed by atoms with Crippen molar-refractivity contribution in [1.29, 1.82) is 0 Å². The van der Waals surface area contributed by atoms with Gasteiger partial charge in [0.15, 0.2) is 0 Å². The smallest absolute Gasteiger partial charge is 0.252 e. The van der Waals surface area contributed by atoms with E-state index in [0.717, 1.165) is 17.7 Å². The fourth-order valence-electron chi connectivity index (χ4n) is 3.15. The Labute approximate surface area is 155 Å². The molecule has 138 valence electrons. The predicted molar refractivity (Wildman–Crippen MR) is 104 cm³/mol. The number of nitrogens with one attached hydrogen (secondary N) is 2. The number of hydrogen-bond donors (Lipinski definition) is 2. The van der Waals surface area contributed by atoms with Crippen molar-refractivity contribution in [3.05, 3.63) is 29.8 Å². The maximum absolute atomic E-state index is 12.7. The number of carbonyl (C=O) groups is 2. The minimum atomic E-state index is -0.0158. The lowest BCUT2D eigenvalue weighted by Crippen LogP contribution is -2.35. The zero-order chi connectivity index (χ0) is 18.1. The molecule has 4 nitrogen and oxygen atoms in total. The molecule has 0 saturated heterocycles. The van der Waals surface area contributed by atoms with Crippen molar-refractivity contribution in [3.63, 3.8) is 0 Å². The number of carbonyl (C=O) groups excluding carboxylic acids is 2. The van der Waals surface area contributed by atoms with E-state index in [9.17, 15) is 9.59 Å². The van der Waals surface area contributed by atoms with Crippen molar-refractivity contribution in [1.82, 2.24) is 10.6 Å². The third-order valence-corrected chi connectivity index (χ3v) is 5.45. The molecular formula is C20H30N2O2S. The zero-order valence-corrected chi connectivity index (χ0v) is 16.2. The highest BCUT2D eigenvalue weighted by Crippen LogP contribution is 2.23. The first kappa shape index (κ1) is 19.8. The first-order chi connectivity index (χ1) is 12.1. The monoisotopic (exact) mass is 362 g/mol. The molecule has 1 aromatic carbocycles. The van der Waals surface area contributed by atoms with Crippen LogP contribution in [0.5, 0.6) is 0 Å². The normalized spacial score (nSPS) is 16.1. The lowest BCUT2D eigenvalue weighted by atomic mass is 9.96. The van der Waals surface area contributed by atoms with E-state index in [4.69, 9.17) is 0 Å². The van der Waals surface area contributed by atoms with Gasteiger partial charge >= 0.3 is 0 Å². The van der Waals surface area contributed by atoms with Crippen LogP contribution in [0.15, 0.2) is 29.2 Å². The Morgan fingerprint density at radius 3 is 2.40 bits per heavy atom. The van der Waals surface area contributed by atoms with Crippen molar-refractivity contribution in [2.75, 3.05) is 5.75 Å². The van der Waals surface area contributed by atoms with E-state index in [1.54, 1.807) is 0 Å². The SMILES string of the molecule is CC(C)NC(=O)CSc1ccccc1C(=O)NC1CCCCCCC1. The van der Waals surface area contributed by atoms with Gasteiger partial charge in [-0.25, -0.2) is 0 Å². The summed E-state index contributed by atoms with van der Waals surface area (Å²) in [5.41, 5.74) is 0.673. The summed E-state index contributed by atoms with van der Waals surface area (Å²) < 4.78 is 0. The summed E-state index contributed by atoms with van der Waals surface area (Å²) in [4.78, 5) is 25.5. The van der Waals surface area contributed by atoms with Crippen LogP contribution in [0, 0.1) is 0 Å². The molecule has 0 spiro atoms. The molecule has 1 aliphatic carbocycles. The molecule has 0 heterocycles. The van der Waals surface area contributed by atoms with E-state index in [1.807, 2.05) is 38.1 Å². The predicted octanol–water partition coefficient (Wildman–Crippen LogP) is 4.15. The van der Waals surface area contributed by atoms with E-state index < -0.39 is 0 Å². The van der Waals surface area contributed by atoms with E-state index in [0.29, 0.717) is 11.3 Å². The van der Waals surface area contributed by atoms with E-state index in [1.165, 1.54) is 43.9 Å². The molecule has 0 aromatic heterocycles. The maximum Gasteiger partial charge on any atom is 0.252 e. The van der Waals surface area contributed by atoms with Crippen molar-refractivity contribution in [2.24, 2.45) is 0 Å². The van der Waals surface area contributed by atoms with Gasteiger partial charge in [-0.1, -0.05) is 44.2 Å². The summed E-state index contributed by atoms with van der Waals surface area (Å²) in [5, 5.41) is 6.09. The van der Waals surface area contributed by atoms with E-state index in [-0.39, 0.29) is 23.9 Å². The van der Waals surface area contributed by atoms with Crippen LogP contribution in [0.25, 0.3) is 0 Å². The lowest BCUT2D eigenvalue weighted by molar-refractivity contribution is -0.119. The molecule has 2 N–H and O–H groups in total. The van der Waals surface area contributed by atoms with E-state index in [2.05, 4.69) is 10.6 Å². The molecule has 5 heteroatoms. The molecule has 1 fully saturated rings. The van der Waals surface area contributed by atoms with Gasteiger partial charge < -0.3 is 10.6 Å². The summed E-state index contributed by atoms with van der Waals surface area (Å²) >= 11 is 1.42. The highest BCUT2D eigenvalue weighted by molar-refractivity contribution is 8.00. The molecule has 1 aromatic rings. The van der Waals surface area contributed by atoms with Gasteiger partial charge in [-0.3, -0.25) is 9.59 Å². The van der Waals surface area contributed by atoms with Gasteiger partial charge in [-0.15, -0.1) is 11.8 Å². The number of amides is 2. The van der Waals surface area contributed by atoms with Crippen LogP contribution in [0.3, 0.4) is 0 Å². The van der Waals surface area contributed by atoms with Gasteiger partial charge in [0.05, 0.1) is 11.3 Å². The topological polar surface area (TPSA) is 58.2 Å². The molecule has 0 bridgehead atoms. The van der Waals surface area contributed by atoms with Gasteiger partial charge in [0.25, 0.3) is 5.91 Å². The van der Waals surface area contributed by atoms with Crippen molar-refractivity contribution in [2.45, 2.75) is 75.8 Å². The van der Waals surface area contributed by atoms with Crippen LogP contribution in [0.4, 0.5) is 0 Å². The van der Waals surface area contributed by atoms with Crippen molar-refractivity contribution >= 4 is 23.6 Å². The van der Waals surface area contributed by atoms with Gasteiger partial charge in [-0.2, -0.15) is 0 Å². The molecule has 0 aliphatic heterocycles. The molecule has 25 heavy (non-hydrogen) atoms. The van der Waals surface area contributed by atoms with Crippen LogP contribution in [0.2, 0.25) is 0 Å². The minimum Gasteiger partial charge on any atom is -0.353 e. The second-order valence-corrected chi connectivity index (χ2v) is 8.04. The average Bonchev–Trinajstić information content (AvgIpc) is 2.55. The highest BCUT2D eigenvalue weighted by Gasteiger charge is 2.18. The van der Waals surface area contributed by atoms with Crippen molar-refractivity contribution in [3.8, 4) is 0 Å². The van der Waals surface area contributed by atoms with Gasteiger partial charge in [-0.05, 0) is 38.8 Å². The molecule has 2 amide bonds. The summed E-state index contributed by atoms with van der Waals surface area (Å²) in [6.45, 7) is 3.89. The highest BCUT2D eigenvalue weighted by atomic mass is 32.2. The quantitative estimate of drug-likeness (QED) is 0.748. The third kappa shape index (κ3) is 7.10. The molecule has 2 rings (SSSR count). The maximum atomic E-state index is 12.7. The Morgan fingerprint density at radius 1 is 1.08 bits per heavy atom. The molecule has 1 saturated carbocycles. The fraction of sp³-hybridized carbons (Fsp3) is 0.600. The van der Waals surface area contributed by atoms with Crippen molar-refractivity contribution < 1.29 is 9.59 Å². The minimum absolute atomic E-state index is 0.00442. The summed E-state index contributed by atoms with van der Waals surface area (Å²) in [6, 6.07) is 7.96. The summed E-state index contributed by atoms with van der Waals surface area (Å²) in [6.07, 6.45) is 8.37. The third-order valence-electron chi connectivity index (χ3n) is 4.38. The second kappa shape index (κ2) is 10.5. The van der Waals surface area contributed by atoms with Gasteiger partial charge in [0, 0.05) is 17.0 Å². The Morgan fingerprint density at radius 2 is 1.72 bits per heavy atom. The van der Waals surface area contributed by atoms with E-state index >= 15 is 0 Å². The first-order valence-electron chi connectivity index (χ1n) is 9.38. The largest absolute Gasteiger partial charge is 0.353 e. The number of rotatable bonds is 6. The number of benzene rings is 1. The average molecular weight is 363 g/mol. The lowest BCUT2D eigenvalue weighted by Gasteiger charge is -2.21. The fourth-order valence-corrected chi connectivity index (χ4v) is 4.01. The summed E-state index contributed by atoms with van der Waals surface area (Å²) in [7, 11) is 0. The first-order valence-corrected chi connectivity index (χ1v) is 10.4.